The topological polar surface area (TPSA) is 20.3 Å². The molecule has 0 aliphatic carbocycles. The number of aryl methyl sites for hydroxylation is 2. The lowest BCUT2D eigenvalue weighted by molar-refractivity contribution is -0.160. The van der Waals surface area contributed by atoms with Crippen molar-refractivity contribution in [2.45, 2.75) is 39.3 Å². The van der Waals surface area contributed by atoms with Gasteiger partial charge in [-0.3, -0.25) is 4.79 Å². The number of halogens is 3. The summed E-state index contributed by atoms with van der Waals surface area (Å²) in [4.78, 5) is 12.6. The van der Waals surface area contributed by atoms with E-state index >= 15 is 0 Å². The minimum Gasteiger partial charge on any atom is -0.334 e. The van der Waals surface area contributed by atoms with Crippen LogP contribution >= 0.6 is 0 Å². The Morgan fingerprint density at radius 1 is 1.10 bits per heavy atom. The van der Waals surface area contributed by atoms with E-state index in [4.69, 9.17) is 0 Å². The summed E-state index contributed by atoms with van der Waals surface area (Å²) in [5, 5.41) is 0. The molecule has 0 saturated heterocycles. The van der Waals surface area contributed by atoms with E-state index in [-0.39, 0.29) is 13.0 Å². The average molecular weight is 287 g/mol. The van der Waals surface area contributed by atoms with Gasteiger partial charge in [-0.05, 0) is 30.9 Å². The number of benzene rings is 1. The smallest absolute Gasteiger partial charge is 0.334 e. The van der Waals surface area contributed by atoms with Crippen LogP contribution in [0.1, 0.15) is 31.4 Å². The number of nitrogens with zero attached hydrogens (tertiary/aromatic N) is 1. The van der Waals surface area contributed by atoms with Crippen LogP contribution in [-0.4, -0.2) is 30.1 Å². The van der Waals surface area contributed by atoms with Crippen molar-refractivity contribution in [3.63, 3.8) is 0 Å². The maximum absolute atomic E-state index is 12.3. The van der Waals surface area contributed by atoms with Crippen LogP contribution in [0.5, 0.6) is 0 Å². The molecule has 0 aliphatic rings. The van der Waals surface area contributed by atoms with Crippen LogP contribution in [0.4, 0.5) is 13.2 Å². The highest BCUT2D eigenvalue weighted by molar-refractivity contribution is 5.76. The first kappa shape index (κ1) is 16.5. The van der Waals surface area contributed by atoms with E-state index < -0.39 is 18.6 Å². The first-order chi connectivity index (χ1) is 9.35. The maximum Gasteiger partial charge on any atom is 0.406 e. The first-order valence-electron chi connectivity index (χ1n) is 6.78. The van der Waals surface area contributed by atoms with Crippen molar-refractivity contribution in [1.29, 1.82) is 0 Å². The second-order valence-electron chi connectivity index (χ2n) is 4.69. The van der Waals surface area contributed by atoms with Gasteiger partial charge in [0, 0.05) is 13.0 Å². The molecule has 1 aromatic rings. The second kappa shape index (κ2) is 7.31. The molecule has 0 aliphatic heterocycles. The van der Waals surface area contributed by atoms with Gasteiger partial charge in [0.2, 0.25) is 5.91 Å². The number of hydrogen-bond acceptors (Lipinski definition) is 1. The van der Waals surface area contributed by atoms with Gasteiger partial charge in [0.25, 0.3) is 0 Å². The lowest BCUT2D eigenvalue weighted by Gasteiger charge is -2.22. The van der Waals surface area contributed by atoms with Gasteiger partial charge in [-0.2, -0.15) is 13.2 Å². The van der Waals surface area contributed by atoms with E-state index in [2.05, 4.69) is 6.92 Å². The zero-order valence-electron chi connectivity index (χ0n) is 11.8. The molecule has 1 aromatic carbocycles. The Labute approximate surface area is 117 Å². The summed E-state index contributed by atoms with van der Waals surface area (Å²) in [5.41, 5.74) is 2.17. The lowest BCUT2D eigenvalue weighted by atomic mass is 10.1. The van der Waals surface area contributed by atoms with Crippen molar-refractivity contribution in [2.75, 3.05) is 13.1 Å². The van der Waals surface area contributed by atoms with Crippen molar-refractivity contribution in [3.8, 4) is 0 Å². The number of carbonyl (C=O) groups excluding carboxylic acids is 1. The van der Waals surface area contributed by atoms with Crippen molar-refractivity contribution in [1.82, 2.24) is 4.90 Å². The van der Waals surface area contributed by atoms with Gasteiger partial charge in [0.1, 0.15) is 6.54 Å². The predicted octanol–water partition coefficient (Wildman–Crippen LogP) is 3.59. The highest BCUT2D eigenvalue weighted by Crippen LogP contribution is 2.17. The largest absolute Gasteiger partial charge is 0.406 e. The molecule has 0 radical (unpaired) electrons. The van der Waals surface area contributed by atoms with Crippen LogP contribution in [0.15, 0.2) is 24.3 Å². The zero-order valence-corrected chi connectivity index (χ0v) is 11.8. The SMILES string of the molecule is CCc1ccc(CCC(=O)N(CC)CC(F)(F)F)cc1. The molecule has 0 aromatic heterocycles. The Hall–Kier alpha value is -1.52. The van der Waals surface area contributed by atoms with E-state index in [0.29, 0.717) is 6.42 Å². The summed E-state index contributed by atoms with van der Waals surface area (Å²) in [6.45, 7) is 2.51. The van der Waals surface area contributed by atoms with Crippen LogP contribution < -0.4 is 0 Å². The van der Waals surface area contributed by atoms with Crippen molar-refractivity contribution < 1.29 is 18.0 Å². The minimum atomic E-state index is -4.34. The zero-order chi connectivity index (χ0) is 15.2. The third kappa shape index (κ3) is 5.63. The van der Waals surface area contributed by atoms with E-state index in [1.807, 2.05) is 24.3 Å². The molecule has 0 spiro atoms. The Bertz CT molecular complexity index is 426. The molecule has 0 fully saturated rings. The molecule has 2 nitrogen and oxygen atoms in total. The van der Waals surface area contributed by atoms with Gasteiger partial charge >= 0.3 is 6.18 Å². The summed E-state index contributed by atoms with van der Waals surface area (Å²) in [6, 6.07) is 7.80. The molecule has 1 amide bonds. The summed E-state index contributed by atoms with van der Waals surface area (Å²) in [7, 11) is 0. The van der Waals surface area contributed by atoms with Crippen LogP contribution in [-0.2, 0) is 17.6 Å². The van der Waals surface area contributed by atoms with Crippen LogP contribution in [0, 0.1) is 0 Å². The minimum absolute atomic E-state index is 0.0765. The van der Waals surface area contributed by atoms with Gasteiger partial charge in [-0.25, -0.2) is 0 Å². The van der Waals surface area contributed by atoms with Crippen LogP contribution in [0.3, 0.4) is 0 Å². The van der Waals surface area contributed by atoms with Gasteiger partial charge < -0.3 is 4.90 Å². The number of alkyl halides is 3. The van der Waals surface area contributed by atoms with E-state index in [1.165, 1.54) is 5.56 Å². The normalized spacial score (nSPS) is 11.4. The fourth-order valence-electron chi connectivity index (χ4n) is 1.94. The monoisotopic (exact) mass is 287 g/mol. The molecule has 20 heavy (non-hydrogen) atoms. The molecular weight excluding hydrogens is 267 g/mol. The molecule has 0 atom stereocenters. The molecule has 0 saturated carbocycles. The quantitative estimate of drug-likeness (QED) is 0.783. The summed E-state index contributed by atoms with van der Waals surface area (Å²) < 4.78 is 36.9. The van der Waals surface area contributed by atoms with Gasteiger partial charge in [-0.15, -0.1) is 0 Å². The number of carbonyl (C=O) groups is 1. The lowest BCUT2D eigenvalue weighted by Crippen LogP contribution is -2.38. The van der Waals surface area contributed by atoms with Gasteiger partial charge in [0.05, 0.1) is 0 Å². The Morgan fingerprint density at radius 3 is 2.10 bits per heavy atom. The number of hydrogen-bond donors (Lipinski definition) is 0. The molecule has 0 unspecified atom stereocenters. The fraction of sp³-hybridized carbons (Fsp3) is 0.533. The van der Waals surface area contributed by atoms with E-state index in [0.717, 1.165) is 16.9 Å². The molecule has 1 rings (SSSR count). The molecule has 0 heterocycles. The number of rotatable bonds is 6. The molecular formula is C15H20F3NO. The Kier molecular flexibility index (Phi) is 6.05. The summed E-state index contributed by atoms with van der Waals surface area (Å²) >= 11 is 0. The van der Waals surface area contributed by atoms with E-state index in [9.17, 15) is 18.0 Å². The Morgan fingerprint density at radius 2 is 1.65 bits per heavy atom. The third-order valence-corrected chi connectivity index (χ3v) is 3.16. The fourth-order valence-corrected chi connectivity index (χ4v) is 1.94. The number of amides is 1. The standard InChI is InChI=1S/C15H20F3NO/c1-3-12-5-7-13(8-6-12)9-10-14(20)19(4-2)11-15(16,17)18/h5-8H,3-4,9-11H2,1-2H3. The summed E-state index contributed by atoms with van der Waals surface area (Å²) in [5.74, 6) is -0.454. The Balaban J connectivity index is 2.52. The molecule has 5 heteroatoms. The van der Waals surface area contributed by atoms with Crippen LogP contribution in [0.25, 0.3) is 0 Å². The highest BCUT2D eigenvalue weighted by Gasteiger charge is 2.31. The maximum atomic E-state index is 12.3. The molecule has 112 valence electrons. The average Bonchev–Trinajstić information content (AvgIpc) is 2.41. The van der Waals surface area contributed by atoms with Crippen molar-refractivity contribution in [2.24, 2.45) is 0 Å². The summed E-state index contributed by atoms with van der Waals surface area (Å²) in [6.07, 6.45) is -2.82. The van der Waals surface area contributed by atoms with Crippen molar-refractivity contribution in [3.05, 3.63) is 35.4 Å². The van der Waals surface area contributed by atoms with Gasteiger partial charge in [0.15, 0.2) is 0 Å². The van der Waals surface area contributed by atoms with Crippen molar-refractivity contribution >= 4 is 5.91 Å². The highest BCUT2D eigenvalue weighted by atomic mass is 19.4. The first-order valence-corrected chi connectivity index (χ1v) is 6.78. The van der Waals surface area contributed by atoms with Gasteiger partial charge in [-0.1, -0.05) is 31.2 Å². The third-order valence-electron chi connectivity index (χ3n) is 3.16. The molecule has 0 N–H and O–H groups in total. The van der Waals surface area contributed by atoms with E-state index in [1.54, 1.807) is 6.92 Å². The second-order valence-corrected chi connectivity index (χ2v) is 4.69. The van der Waals surface area contributed by atoms with Crippen LogP contribution in [0.2, 0.25) is 0 Å². The molecule has 0 bridgehead atoms. The predicted molar refractivity (Wildman–Crippen MR) is 72.5 cm³/mol.